The van der Waals surface area contributed by atoms with Crippen LogP contribution in [0.1, 0.15) is 42.5 Å². The Balaban J connectivity index is 1.51. The standard InChI is InChI=1S/C22H22ClN3O3/c1-14(16-9-3-5-11-18(16)23)24-19(27)13-26-20(28)22(25-21(26)29)12-6-8-15-7-2-4-10-17(15)22/h2-5,7,9-11,14H,6,8,12-13H2,1H3,(H,24,27)(H,25,29)/t14-,22+/m1/s1. The smallest absolute Gasteiger partial charge is 0.325 e. The third-order valence-electron chi connectivity index (χ3n) is 5.70. The van der Waals surface area contributed by atoms with Gasteiger partial charge in [0, 0.05) is 5.02 Å². The summed E-state index contributed by atoms with van der Waals surface area (Å²) in [5.74, 6) is -0.780. The second kappa shape index (κ2) is 7.52. The molecule has 0 radical (unpaired) electrons. The first-order valence-corrected chi connectivity index (χ1v) is 10.1. The number of fused-ring (bicyclic) bond motifs is 2. The Labute approximate surface area is 174 Å². The molecule has 0 aromatic heterocycles. The summed E-state index contributed by atoms with van der Waals surface area (Å²) in [6, 6.07) is 14.0. The maximum atomic E-state index is 13.2. The van der Waals surface area contributed by atoms with Crippen molar-refractivity contribution in [2.24, 2.45) is 0 Å². The number of carbonyl (C=O) groups is 3. The number of hydrogen-bond donors (Lipinski definition) is 2. The average molecular weight is 412 g/mol. The topological polar surface area (TPSA) is 78.5 Å². The number of benzene rings is 2. The summed E-state index contributed by atoms with van der Waals surface area (Å²) in [6.45, 7) is 1.48. The quantitative estimate of drug-likeness (QED) is 0.757. The van der Waals surface area contributed by atoms with Crippen LogP contribution in [0.15, 0.2) is 48.5 Å². The Hall–Kier alpha value is -2.86. The molecule has 29 heavy (non-hydrogen) atoms. The molecule has 150 valence electrons. The first-order valence-electron chi connectivity index (χ1n) is 9.68. The van der Waals surface area contributed by atoms with Crippen LogP contribution in [0.5, 0.6) is 0 Å². The molecule has 4 rings (SSSR count). The fourth-order valence-corrected chi connectivity index (χ4v) is 4.59. The second-order valence-electron chi connectivity index (χ2n) is 7.55. The lowest BCUT2D eigenvalue weighted by molar-refractivity contribution is -0.135. The summed E-state index contributed by atoms with van der Waals surface area (Å²) in [4.78, 5) is 39.4. The predicted molar refractivity (Wildman–Crippen MR) is 109 cm³/mol. The average Bonchev–Trinajstić information content (AvgIpc) is 2.93. The van der Waals surface area contributed by atoms with E-state index in [9.17, 15) is 14.4 Å². The molecule has 2 N–H and O–H groups in total. The number of nitrogens with zero attached hydrogens (tertiary/aromatic N) is 1. The third-order valence-corrected chi connectivity index (χ3v) is 6.05. The molecule has 2 aromatic rings. The number of urea groups is 1. The van der Waals surface area contributed by atoms with Crippen LogP contribution in [0.3, 0.4) is 0 Å². The zero-order chi connectivity index (χ0) is 20.6. The minimum absolute atomic E-state index is 0.330. The lowest BCUT2D eigenvalue weighted by Gasteiger charge is -2.33. The van der Waals surface area contributed by atoms with E-state index in [0.29, 0.717) is 11.4 Å². The van der Waals surface area contributed by atoms with Gasteiger partial charge in [0.15, 0.2) is 0 Å². The van der Waals surface area contributed by atoms with Gasteiger partial charge in [-0.05, 0) is 48.9 Å². The molecule has 1 fully saturated rings. The highest BCUT2D eigenvalue weighted by Gasteiger charge is 2.54. The van der Waals surface area contributed by atoms with Crippen molar-refractivity contribution in [3.8, 4) is 0 Å². The Bertz CT molecular complexity index is 993. The SMILES string of the molecule is C[C@@H](NC(=O)CN1C(=O)N[C@]2(CCCc3ccccc32)C1=O)c1ccccc1Cl. The number of hydrogen-bond acceptors (Lipinski definition) is 3. The Kier molecular flexibility index (Phi) is 5.04. The van der Waals surface area contributed by atoms with E-state index in [4.69, 9.17) is 11.6 Å². The minimum Gasteiger partial charge on any atom is -0.348 e. The Morgan fingerprint density at radius 2 is 1.93 bits per heavy atom. The number of aryl methyl sites for hydroxylation is 1. The summed E-state index contributed by atoms with van der Waals surface area (Å²) in [6.07, 6.45) is 2.20. The zero-order valence-electron chi connectivity index (χ0n) is 16.1. The molecule has 0 bridgehead atoms. The number of nitrogens with one attached hydrogen (secondary N) is 2. The molecule has 1 saturated heterocycles. The number of carbonyl (C=O) groups excluding carboxylic acids is 3. The van der Waals surface area contributed by atoms with E-state index in [-0.39, 0.29) is 18.5 Å². The summed E-state index contributed by atoms with van der Waals surface area (Å²) in [5.41, 5.74) is 1.60. The zero-order valence-corrected chi connectivity index (χ0v) is 16.8. The van der Waals surface area contributed by atoms with Crippen LogP contribution in [0, 0.1) is 0 Å². The lowest BCUT2D eigenvalue weighted by Crippen LogP contribution is -2.47. The molecule has 6 nitrogen and oxygen atoms in total. The second-order valence-corrected chi connectivity index (χ2v) is 7.96. The van der Waals surface area contributed by atoms with Gasteiger partial charge in [-0.1, -0.05) is 54.1 Å². The van der Waals surface area contributed by atoms with Gasteiger partial charge in [0.05, 0.1) is 6.04 Å². The van der Waals surface area contributed by atoms with Crippen molar-refractivity contribution in [3.63, 3.8) is 0 Å². The van der Waals surface area contributed by atoms with Gasteiger partial charge < -0.3 is 10.6 Å². The largest absolute Gasteiger partial charge is 0.348 e. The highest BCUT2D eigenvalue weighted by molar-refractivity contribution is 6.31. The molecule has 0 saturated carbocycles. The molecule has 1 heterocycles. The Morgan fingerprint density at radius 3 is 2.72 bits per heavy atom. The van der Waals surface area contributed by atoms with Gasteiger partial charge in [-0.15, -0.1) is 0 Å². The molecule has 1 aliphatic carbocycles. The summed E-state index contributed by atoms with van der Waals surface area (Å²) in [7, 11) is 0. The summed E-state index contributed by atoms with van der Waals surface area (Å²) < 4.78 is 0. The molecule has 0 unspecified atom stereocenters. The maximum absolute atomic E-state index is 13.2. The van der Waals surface area contributed by atoms with Gasteiger partial charge in [0.1, 0.15) is 12.1 Å². The molecular formula is C22H22ClN3O3. The summed E-state index contributed by atoms with van der Waals surface area (Å²) >= 11 is 6.18. The highest BCUT2D eigenvalue weighted by atomic mass is 35.5. The van der Waals surface area contributed by atoms with E-state index in [1.165, 1.54) is 0 Å². The van der Waals surface area contributed by atoms with Crippen LogP contribution in [-0.4, -0.2) is 29.3 Å². The van der Waals surface area contributed by atoms with Gasteiger partial charge in [-0.2, -0.15) is 0 Å². The number of rotatable bonds is 4. The highest BCUT2D eigenvalue weighted by Crippen LogP contribution is 2.39. The molecule has 7 heteroatoms. The van der Waals surface area contributed by atoms with E-state index in [2.05, 4.69) is 10.6 Å². The molecule has 4 amide bonds. The van der Waals surface area contributed by atoms with Crippen LogP contribution >= 0.6 is 11.6 Å². The van der Waals surface area contributed by atoms with Crippen molar-refractivity contribution < 1.29 is 14.4 Å². The van der Waals surface area contributed by atoms with Crippen LogP contribution in [-0.2, 0) is 21.5 Å². The third kappa shape index (κ3) is 3.38. The number of halogens is 1. The van der Waals surface area contributed by atoms with Gasteiger partial charge >= 0.3 is 6.03 Å². The van der Waals surface area contributed by atoms with Crippen molar-refractivity contribution in [3.05, 3.63) is 70.2 Å². The first-order chi connectivity index (χ1) is 13.9. The predicted octanol–water partition coefficient (Wildman–Crippen LogP) is 3.30. The lowest BCUT2D eigenvalue weighted by atomic mass is 9.76. The van der Waals surface area contributed by atoms with Crippen molar-refractivity contribution in [1.29, 1.82) is 0 Å². The van der Waals surface area contributed by atoms with Crippen LogP contribution in [0.25, 0.3) is 0 Å². The first kappa shape index (κ1) is 19.5. The fraction of sp³-hybridized carbons (Fsp3) is 0.318. The van der Waals surface area contributed by atoms with E-state index in [1.807, 2.05) is 49.4 Å². The van der Waals surface area contributed by atoms with Gasteiger partial charge in [0.2, 0.25) is 5.91 Å². The van der Waals surface area contributed by atoms with Crippen molar-refractivity contribution in [2.45, 2.75) is 37.8 Å². The van der Waals surface area contributed by atoms with Crippen molar-refractivity contribution in [1.82, 2.24) is 15.5 Å². The van der Waals surface area contributed by atoms with Crippen LogP contribution in [0.2, 0.25) is 5.02 Å². The Morgan fingerprint density at radius 1 is 1.21 bits per heavy atom. The van der Waals surface area contributed by atoms with Gasteiger partial charge in [0.25, 0.3) is 5.91 Å². The van der Waals surface area contributed by atoms with Gasteiger partial charge in [-0.25, -0.2) is 4.79 Å². The van der Waals surface area contributed by atoms with Crippen LogP contribution < -0.4 is 10.6 Å². The maximum Gasteiger partial charge on any atom is 0.325 e. The number of imide groups is 1. The molecule has 1 aliphatic heterocycles. The van der Waals surface area contributed by atoms with E-state index >= 15 is 0 Å². The summed E-state index contributed by atoms with van der Waals surface area (Å²) in [5, 5.41) is 6.23. The number of amides is 4. The minimum atomic E-state index is -1.07. The van der Waals surface area contributed by atoms with E-state index in [0.717, 1.165) is 34.4 Å². The molecular weight excluding hydrogens is 390 g/mol. The van der Waals surface area contributed by atoms with E-state index < -0.39 is 17.5 Å². The molecule has 1 spiro atoms. The fourth-order valence-electron chi connectivity index (χ4n) is 4.29. The normalized spacial score (nSPS) is 21.7. The molecule has 2 aromatic carbocycles. The van der Waals surface area contributed by atoms with Crippen molar-refractivity contribution in [2.75, 3.05) is 6.54 Å². The van der Waals surface area contributed by atoms with Crippen molar-refractivity contribution >= 4 is 29.4 Å². The van der Waals surface area contributed by atoms with Gasteiger partial charge in [-0.3, -0.25) is 14.5 Å². The van der Waals surface area contributed by atoms with E-state index in [1.54, 1.807) is 6.07 Å². The monoisotopic (exact) mass is 411 g/mol. The van der Waals surface area contributed by atoms with Crippen LogP contribution in [0.4, 0.5) is 4.79 Å². The molecule has 2 atom stereocenters. The molecule has 2 aliphatic rings.